The van der Waals surface area contributed by atoms with Crippen molar-refractivity contribution in [3.63, 3.8) is 0 Å². The van der Waals surface area contributed by atoms with Gasteiger partial charge in [-0.1, -0.05) is 12.1 Å². The molecule has 0 unspecified atom stereocenters. The van der Waals surface area contributed by atoms with Crippen LogP contribution in [0.2, 0.25) is 0 Å². The molecule has 3 aromatic heterocycles. The number of pyridine rings is 1. The van der Waals surface area contributed by atoms with Gasteiger partial charge in [-0.2, -0.15) is 26.3 Å². The van der Waals surface area contributed by atoms with Gasteiger partial charge in [0.15, 0.2) is 5.65 Å². The predicted molar refractivity (Wildman–Crippen MR) is 111 cm³/mol. The number of hydrogen-bond donors (Lipinski definition) is 1. The Bertz CT molecular complexity index is 1400. The normalized spacial score (nSPS) is 13.1. The number of nitrogens with one attached hydrogen (secondary N) is 1. The fourth-order valence-corrected chi connectivity index (χ4v) is 3.38. The Morgan fingerprint density at radius 3 is 2.25 bits per heavy atom. The molecule has 0 spiro atoms. The number of hydrogen-bond acceptors (Lipinski definition) is 5. The third-order valence-corrected chi connectivity index (χ3v) is 5.12. The zero-order chi connectivity index (χ0) is 26.3. The largest absolute Gasteiger partial charge is 0.451 e. The van der Waals surface area contributed by atoms with Crippen LogP contribution in [0, 0.1) is 5.82 Å². The summed E-state index contributed by atoms with van der Waals surface area (Å²) in [5.74, 6) is -3.11. The molecule has 1 amide bonds. The first-order valence-corrected chi connectivity index (χ1v) is 10.2. The Morgan fingerprint density at radius 1 is 1.03 bits per heavy atom. The van der Waals surface area contributed by atoms with E-state index < -0.39 is 48.2 Å². The molecule has 36 heavy (non-hydrogen) atoms. The maximum absolute atomic E-state index is 13.4. The molecule has 1 atom stereocenters. The second-order valence-corrected chi connectivity index (χ2v) is 7.78. The molecule has 3 heterocycles. The molecule has 188 valence electrons. The summed E-state index contributed by atoms with van der Waals surface area (Å²) in [5.41, 5.74) is 0.671. The van der Waals surface area contributed by atoms with Gasteiger partial charge in [0, 0.05) is 29.7 Å². The lowest BCUT2D eigenvalue weighted by molar-refractivity contribution is -0.145. The maximum Gasteiger partial charge on any atom is 0.451 e. The van der Waals surface area contributed by atoms with Crippen LogP contribution < -0.4 is 5.32 Å². The molecule has 0 aliphatic rings. The van der Waals surface area contributed by atoms with Gasteiger partial charge >= 0.3 is 12.4 Å². The number of carbonyl (C=O) groups is 1. The Morgan fingerprint density at radius 2 is 1.67 bits per heavy atom. The van der Waals surface area contributed by atoms with E-state index in [9.17, 15) is 35.5 Å². The Hall–Kier alpha value is -4.10. The van der Waals surface area contributed by atoms with Gasteiger partial charge in [-0.3, -0.25) is 9.20 Å². The molecule has 0 aliphatic carbocycles. The van der Waals surface area contributed by atoms with Crippen LogP contribution in [-0.2, 0) is 12.6 Å². The summed E-state index contributed by atoms with van der Waals surface area (Å²) >= 11 is 0. The van der Waals surface area contributed by atoms with Crippen LogP contribution in [0.4, 0.5) is 30.7 Å². The minimum absolute atomic E-state index is 0.0154. The molecule has 1 aromatic carbocycles. The SMILES string of the molecule is C[C@@H](NC(=O)c1cc(-c2ccc(F)cc2)c2nnc(CC(F)(F)F)n2c1)c1cnc(C(F)(F)F)nc1. The van der Waals surface area contributed by atoms with Gasteiger partial charge in [0.05, 0.1) is 11.6 Å². The number of nitrogens with zero attached hydrogens (tertiary/aromatic N) is 5. The highest BCUT2D eigenvalue weighted by Crippen LogP contribution is 2.29. The topological polar surface area (TPSA) is 85.1 Å². The summed E-state index contributed by atoms with van der Waals surface area (Å²) in [6.45, 7) is 1.47. The molecule has 7 nitrogen and oxygen atoms in total. The number of rotatable bonds is 5. The average Bonchev–Trinajstić information content (AvgIpc) is 3.19. The van der Waals surface area contributed by atoms with E-state index in [1.54, 1.807) is 0 Å². The van der Waals surface area contributed by atoms with Crippen LogP contribution in [-0.4, -0.2) is 36.6 Å². The van der Waals surface area contributed by atoms with Gasteiger partial charge in [-0.05, 0) is 30.7 Å². The van der Waals surface area contributed by atoms with Crippen LogP contribution >= 0.6 is 0 Å². The average molecular weight is 512 g/mol. The lowest BCUT2D eigenvalue weighted by Gasteiger charge is -2.16. The molecule has 0 fully saturated rings. The van der Waals surface area contributed by atoms with Crippen molar-refractivity contribution in [1.29, 1.82) is 0 Å². The van der Waals surface area contributed by atoms with E-state index in [-0.39, 0.29) is 22.3 Å². The fraction of sp³-hybridized carbons (Fsp3) is 0.227. The number of halogens is 7. The second-order valence-electron chi connectivity index (χ2n) is 7.78. The van der Waals surface area contributed by atoms with Crippen molar-refractivity contribution in [1.82, 2.24) is 29.9 Å². The van der Waals surface area contributed by atoms with Crippen LogP contribution in [0.5, 0.6) is 0 Å². The third kappa shape index (κ3) is 5.42. The van der Waals surface area contributed by atoms with Crippen LogP contribution in [0.3, 0.4) is 0 Å². The number of aromatic nitrogens is 5. The quantitative estimate of drug-likeness (QED) is 0.383. The van der Waals surface area contributed by atoms with Crippen molar-refractivity contribution in [2.75, 3.05) is 0 Å². The van der Waals surface area contributed by atoms with Crippen molar-refractivity contribution in [3.8, 4) is 11.1 Å². The van der Waals surface area contributed by atoms with E-state index in [2.05, 4.69) is 25.5 Å². The van der Waals surface area contributed by atoms with E-state index >= 15 is 0 Å². The lowest BCUT2D eigenvalue weighted by atomic mass is 10.0. The van der Waals surface area contributed by atoms with Crippen molar-refractivity contribution in [3.05, 3.63) is 77.5 Å². The number of alkyl halides is 6. The second kappa shape index (κ2) is 9.17. The minimum atomic E-state index is -4.73. The zero-order valence-corrected chi connectivity index (χ0v) is 18.2. The van der Waals surface area contributed by atoms with E-state index in [1.165, 1.54) is 25.1 Å². The molecule has 14 heteroatoms. The van der Waals surface area contributed by atoms with Crippen LogP contribution in [0.25, 0.3) is 16.8 Å². The number of amides is 1. The molecule has 0 aliphatic heterocycles. The standard InChI is InChI=1S/C22H15F7N6O/c1-11(14-8-30-20(31-9-14)22(27,28)29)32-19(36)13-6-16(12-2-4-15(23)5-3-12)18-34-33-17(35(18)10-13)7-21(24,25)26/h2-6,8-11H,7H2,1H3,(H,32,36)/t11-/m1/s1. The van der Waals surface area contributed by atoms with Gasteiger partial charge in [-0.15, -0.1) is 10.2 Å². The van der Waals surface area contributed by atoms with Crippen LogP contribution in [0.1, 0.15) is 40.5 Å². The third-order valence-electron chi connectivity index (χ3n) is 5.12. The van der Waals surface area contributed by atoms with E-state index in [0.29, 0.717) is 5.56 Å². The minimum Gasteiger partial charge on any atom is -0.345 e. The molecule has 0 bridgehead atoms. The van der Waals surface area contributed by atoms with Gasteiger partial charge in [0.25, 0.3) is 5.91 Å². The Labute approximate surface area is 198 Å². The van der Waals surface area contributed by atoms with Gasteiger partial charge in [-0.25, -0.2) is 14.4 Å². The molecule has 4 rings (SSSR count). The molecule has 4 aromatic rings. The van der Waals surface area contributed by atoms with Gasteiger partial charge in [0.1, 0.15) is 18.1 Å². The fourth-order valence-electron chi connectivity index (χ4n) is 3.38. The predicted octanol–water partition coefficient (Wildman–Crippen LogP) is 4.94. The lowest BCUT2D eigenvalue weighted by Crippen LogP contribution is -2.27. The highest BCUT2D eigenvalue weighted by Gasteiger charge is 2.34. The molecule has 0 radical (unpaired) electrons. The molecular weight excluding hydrogens is 497 g/mol. The first-order valence-electron chi connectivity index (χ1n) is 10.2. The van der Waals surface area contributed by atoms with E-state index in [1.807, 2.05) is 0 Å². The summed E-state index contributed by atoms with van der Waals surface area (Å²) in [6.07, 6.45) is -7.81. The monoisotopic (exact) mass is 512 g/mol. The summed E-state index contributed by atoms with van der Waals surface area (Å²) < 4.78 is 91.7. The summed E-state index contributed by atoms with van der Waals surface area (Å²) in [6, 6.07) is 5.51. The van der Waals surface area contributed by atoms with E-state index in [0.717, 1.165) is 35.1 Å². The smallest absolute Gasteiger partial charge is 0.345 e. The summed E-state index contributed by atoms with van der Waals surface area (Å²) in [4.78, 5) is 19.5. The van der Waals surface area contributed by atoms with E-state index in [4.69, 9.17) is 0 Å². The first kappa shape index (κ1) is 25.0. The summed E-state index contributed by atoms with van der Waals surface area (Å²) in [7, 11) is 0. The number of carbonyl (C=O) groups excluding carboxylic acids is 1. The van der Waals surface area contributed by atoms with Crippen molar-refractivity contribution < 1.29 is 35.5 Å². The Kier molecular flexibility index (Phi) is 6.37. The number of benzene rings is 1. The highest BCUT2D eigenvalue weighted by atomic mass is 19.4. The highest BCUT2D eigenvalue weighted by molar-refractivity contribution is 5.97. The maximum atomic E-state index is 13.4. The molecule has 1 N–H and O–H groups in total. The van der Waals surface area contributed by atoms with Gasteiger partial charge in [0.2, 0.25) is 5.82 Å². The van der Waals surface area contributed by atoms with Crippen molar-refractivity contribution in [2.24, 2.45) is 0 Å². The molecule has 0 saturated carbocycles. The molecule has 0 saturated heterocycles. The molecular formula is C22H15F7N6O. The first-order chi connectivity index (χ1) is 16.8. The summed E-state index contributed by atoms with van der Waals surface area (Å²) in [5, 5.41) is 9.96. The van der Waals surface area contributed by atoms with Crippen LogP contribution in [0.15, 0.2) is 48.9 Å². The number of fused-ring (bicyclic) bond motifs is 1. The Balaban J connectivity index is 1.71. The van der Waals surface area contributed by atoms with Crippen molar-refractivity contribution in [2.45, 2.75) is 31.7 Å². The zero-order valence-electron chi connectivity index (χ0n) is 18.2. The van der Waals surface area contributed by atoms with Gasteiger partial charge < -0.3 is 5.32 Å². The van der Waals surface area contributed by atoms with Crippen molar-refractivity contribution >= 4 is 11.6 Å².